The first-order valence-electron chi connectivity index (χ1n) is 6.62. The van der Waals surface area contributed by atoms with E-state index in [1.54, 1.807) is 6.07 Å². The van der Waals surface area contributed by atoms with Crippen molar-refractivity contribution in [3.05, 3.63) is 34.6 Å². The summed E-state index contributed by atoms with van der Waals surface area (Å²) in [4.78, 5) is 2.37. The van der Waals surface area contributed by atoms with Crippen molar-refractivity contribution in [2.45, 2.75) is 19.5 Å². The molecule has 0 bridgehead atoms. The fourth-order valence-electron chi connectivity index (χ4n) is 2.20. The van der Waals surface area contributed by atoms with Gasteiger partial charge in [0.2, 0.25) is 0 Å². The second-order valence-electron chi connectivity index (χ2n) is 4.93. The maximum Gasteiger partial charge on any atom is 0.123 e. The molecular formula is C14H20ClFN2O. The molecule has 1 N–H and O–H groups in total. The third kappa shape index (κ3) is 4.73. The molecule has 0 aliphatic carbocycles. The highest BCUT2D eigenvalue weighted by Crippen LogP contribution is 2.16. The van der Waals surface area contributed by atoms with Crippen LogP contribution < -0.4 is 5.32 Å². The summed E-state index contributed by atoms with van der Waals surface area (Å²) in [6, 6.07) is 4.79. The highest BCUT2D eigenvalue weighted by molar-refractivity contribution is 6.31. The van der Waals surface area contributed by atoms with Gasteiger partial charge in [-0.1, -0.05) is 11.6 Å². The normalized spacial score (nSPS) is 18.5. The summed E-state index contributed by atoms with van der Waals surface area (Å²) < 4.78 is 18.5. The van der Waals surface area contributed by atoms with Crippen LogP contribution >= 0.6 is 11.6 Å². The second-order valence-corrected chi connectivity index (χ2v) is 5.34. The predicted octanol–water partition coefficient (Wildman–Crippen LogP) is 2.29. The van der Waals surface area contributed by atoms with Crippen LogP contribution in [0.25, 0.3) is 0 Å². The van der Waals surface area contributed by atoms with Crippen LogP contribution in [0.15, 0.2) is 18.2 Å². The van der Waals surface area contributed by atoms with Crippen molar-refractivity contribution in [2.75, 3.05) is 32.8 Å². The third-order valence-corrected chi connectivity index (χ3v) is 3.65. The minimum absolute atomic E-state index is 0.248. The van der Waals surface area contributed by atoms with Gasteiger partial charge in [0.1, 0.15) is 5.82 Å². The molecule has 0 spiro atoms. The Hall–Kier alpha value is -0.680. The van der Waals surface area contributed by atoms with Gasteiger partial charge in [0.25, 0.3) is 0 Å². The van der Waals surface area contributed by atoms with E-state index in [2.05, 4.69) is 17.1 Å². The number of nitrogens with zero attached hydrogens (tertiary/aromatic N) is 1. The van der Waals surface area contributed by atoms with Gasteiger partial charge in [-0.05, 0) is 30.7 Å². The van der Waals surface area contributed by atoms with Crippen LogP contribution in [-0.2, 0) is 11.3 Å². The molecule has 0 radical (unpaired) electrons. The lowest BCUT2D eigenvalue weighted by molar-refractivity contribution is 0.0343. The minimum atomic E-state index is -0.248. The van der Waals surface area contributed by atoms with Gasteiger partial charge in [0.15, 0.2) is 0 Å². The summed E-state index contributed by atoms with van der Waals surface area (Å²) in [5, 5.41) is 3.98. The lowest BCUT2D eigenvalue weighted by atomic mass is 10.2. The molecule has 3 nitrogen and oxygen atoms in total. The van der Waals surface area contributed by atoms with Crippen molar-refractivity contribution in [3.8, 4) is 0 Å². The zero-order valence-corrected chi connectivity index (χ0v) is 11.9. The van der Waals surface area contributed by atoms with Gasteiger partial charge in [-0.15, -0.1) is 0 Å². The molecule has 1 unspecified atom stereocenters. The Morgan fingerprint density at radius 3 is 2.89 bits per heavy atom. The molecule has 1 saturated heterocycles. The summed E-state index contributed by atoms with van der Waals surface area (Å²) >= 11 is 6.04. The average molecular weight is 287 g/mol. The summed E-state index contributed by atoms with van der Waals surface area (Å²) in [5.74, 6) is -0.248. The van der Waals surface area contributed by atoms with Crippen LogP contribution in [0.4, 0.5) is 4.39 Å². The number of halogens is 2. The molecule has 19 heavy (non-hydrogen) atoms. The zero-order valence-electron chi connectivity index (χ0n) is 11.2. The van der Waals surface area contributed by atoms with E-state index in [1.165, 1.54) is 12.1 Å². The molecule has 5 heteroatoms. The smallest absolute Gasteiger partial charge is 0.123 e. The van der Waals surface area contributed by atoms with E-state index >= 15 is 0 Å². The number of hydrogen-bond acceptors (Lipinski definition) is 3. The summed E-state index contributed by atoms with van der Waals surface area (Å²) in [5.41, 5.74) is 0.801. The Labute approximate surface area is 118 Å². The number of ether oxygens (including phenoxy) is 1. The Morgan fingerprint density at radius 2 is 2.16 bits per heavy atom. The Bertz CT molecular complexity index is 410. The predicted molar refractivity (Wildman–Crippen MR) is 75.0 cm³/mol. The van der Waals surface area contributed by atoms with Crippen LogP contribution in [-0.4, -0.2) is 43.8 Å². The van der Waals surface area contributed by atoms with Crippen molar-refractivity contribution in [1.82, 2.24) is 10.2 Å². The molecule has 0 aromatic heterocycles. The van der Waals surface area contributed by atoms with Gasteiger partial charge >= 0.3 is 0 Å². The van der Waals surface area contributed by atoms with Crippen molar-refractivity contribution in [3.63, 3.8) is 0 Å². The molecule has 0 saturated carbocycles. The number of benzene rings is 1. The van der Waals surface area contributed by atoms with Crippen LogP contribution in [0.2, 0.25) is 5.02 Å². The van der Waals surface area contributed by atoms with Crippen molar-refractivity contribution < 1.29 is 9.13 Å². The van der Waals surface area contributed by atoms with E-state index in [0.29, 0.717) is 17.6 Å². The summed E-state index contributed by atoms with van der Waals surface area (Å²) in [7, 11) is 0. The van der Waals surface area contributed by atoms with Gasteiger partial charge in [-0.25, -0.2) is 4.39 Å². The maximum absolute atomic E-state index is 13.1. The minimum Gasteiger partial charge on any atom is -0.379 e. The van der Waals surface area contributed by atoms with Crippen molar-refractivity contribution in [1.29, 1.82) is 0 Å². The average Bonchev–Trinajstić information content (AvgIpc) is 2.41. The summed E-state index contributed by atoms with van der Waals surface area (Å²) in [6.45, 7) is 7.26. The van der Waals surface area contributed by atoms with Crippen LogP contribution in [0.5, 0.6) is 0 Å². The topological polar surface area (TPSA) is 24.5 Å². The molecule has 1 aromatic rings. The number of hydrogen-bond donors (Lipinski definition) is 1. The largest absolute Gasteiger partial charge is 0.379 e. The van der Waals surface area contributed by atoms with Crippen LogP contribution in [0.1, 0.15) is 12.5 Å². The van der Waals surface area contributed by atoms with E-state index in [4.69, 9.17) is 16.3 Å². The van der Waals surface area contributed by atoms with Crippen molar-refractivity contribution >= 4 is 11.6 Å². The van der Waals surface area contributed by atoms with E-state index in [-0.39, 0.29) is 5.82 Å². The standard InChI is InChI=1S/C14H20ClFN2O/c1-11(10-18-4-6-19-7-5-18)17-9-12-8-13(16)2-3-14(12)15/h2-3,8,11,17H,4-7,9-10H2,1H3. The highest BCUT2D eigenvalue weighted by atomic mass is 35.5. The lowest BCUT2D eigenvalue weighted by Gasteiger charge is -2.29. The maximum atomic E-state index is 13.1. The third-order valence-electron chi connectivity index (χ3n) is 3.28. The Balaban J connectivity index is 1.79. The molecule has 0 amide bonds. The van der Waals surface area contributed by atoms with E-state index < -0.39 is 0 Å². The van der Waals surface area contributed by atoms with Crippen LogP contribution in [0.3, 0.4) is 0 Å². The second kappa shape index (κ2) is 7.20. The van der Waals surface area contributed by atoms with Gasteiger partial charge in [0, 0.05) is 37.2 Å². The number of nitrogens with one attached hydrogen (secondary N) is 1. The SMILES string of the molecule is CC(CN1CCOCC1)NCc1cc(F)ccc1Cl. The fourth-order valence-corrected chi connectivity index (χ4v) is 2.38. The summed E-state index contributed by atoms with van der Waals surface area (Å²) in [6.07, 6.45) is 0. The molecule has 1 heterocycles. The van der Waals surface area contributed by atoms with E-state index in [9.17, 15) is 4.39 Å². The van der Waals surface area contributed by atoms with Crippen LogP contribution in [0, 0.1) is 5.82 Å². The molecule has 1 aromatic carbocycles. The first kappa shape index (κ1) is 14.7. The molecule has 1 aliphatic rings. The lowest BCUT2D eigenvalue weighted by Crippen LogP contribution is -2.44. The monoisotopic (exact) mass is 286 g/mol. The number of morpholine rings is 1. The van der Waals surface area contributed by atoms with E-state index in [1.807, 2.05) is 0 Å². The highest BCUT2D eigenvalue weighted by Gasteiger charge is 2.13. The molecule has 106 valence electrons. The van der Waals surface area contributed by atoms with E-state index in [0.717, 1.165) is 38.4 Å². The molecule has 1 atom stereocenters. The van der Waals surface area contributed by atoms with Gasteiger partial charge in [-0.2, -0.15) is 0 Å². The first-order chi connectivity index (χ1) is 9.15. The zero-order chi connectivity index (χ0) is 13.7. The van der Waals surface area contributed by atoms with Gasteiger partial charge < -0.3 is 10.1 Å². The quantitative estimate of drug-likeness (QED) is 0.899. The number of rotatable bonds is 5. The molecule has 1 fully saturated rings. The van der Waals surface area contributed by atoms with Crippen molar-refractivity contribution in [2.24, 2.45) is 0 Å². The van der Waals surface area contributed by atoms with Gasteiger partial charge in [0.05, 0.1) is 13.2 Å². The van der Waals surface area contributed by atoms with Gasteiger partial charge in [-0.3, -0.25) is 4.90 Å². The Kier molecular flexibility index (Phi) is 5.58. The Morgan fingerprint density at radius 1 is 1.42 bits per heavy atom. The molecule has 2 rings (SSSR count). The fraction of sp³-hybridized carbons (Fsp3) is 0.571. The molecule has 1 aliphatic heterocycles. The first-order valence-corrected chi connectivity index (χ1v) is 7.00. The molecular weight excluding hydrogens is 267 g/mol.